The van der Waals surface area contributed by atoms with Crippen LogP contribution < -0.4 is 5.43 Å². The van der Waals surface area contributed by atoms with Crippen LogP contribution in [-0.4, -0.2) is 39.6 Å². The number of piperidine rings is 1. The van der Waals surface area contributed by atoms with E-state index < -0.39 is 10.6 Å². The molecule has 2 aromatic carbocycles. The highest BCUT2D eigenvalue weighted by Crippen LogP contribution is 2.27. The zero-order valence-electron chi connectivity index (χ0n) is 14.6. The molecule has 0 radical (unpaired) electrons. The zero-order chi connectivity index (χ0) is 18.6. The van der Waals surface area contributed by atoms with Crippen molar-refractivity contribution in [3.63, 3.8) is 0 Å². The lowest BCUT2D eigenvalue weighted by molar-refractivity contribution is -0.658. The fourth-order valence-electron chi connectivity index (χ4n) is 3.13. The molecule has 136 valence electrons. The maximum absolute atomic E-state index is 11.2. The molecule has 2 N–H and O–H groups in total. The summed E-state index contributed by atoms with van der Waals surface area (Å²) in [5, 5.41) is 27.4. The topological polar surface area (TPSA) is 91.0 Å². The van der Waals surface area contributed by atoms with Crippen molar-refractivity contribution in [1.82, 2.24) is 5.01 Å². The van der Waals surface area contributed by atoms with Gasteiger partial charge in [0.05, 0.1) is 24.5 Å². The minimum absolute atomic E-state index is 0.180. The molecule has 7 nitrogen and oxygen atoms in total. The van der Waals surface area contributed by atoms with Crippen LogP contribution in [0.2, 0.25) is 0 Å². The summed E-state index contributed by atoms with van der Waals surface area (Å²) >= 11 is 0. The summed E-state index contributed by atoms with van der Waals surface area (Å²) in [7, 11) is 0. The minimum Gasteiger partial charge on any atom is -0.383 e. The number of benzene rings is 2. The maximum Gasteiger partial charge on any atom is 0.160 e. The molecule has 3 rings (SSSR count). The molecule has 0 amide bonds. The second-order valence-electron chi connectivity index (χ2n) is 6.53. The standard InChI is InChI=1S/C19H22N4O3/c1-15-6-5-9-17(14-15)20-21-18(16-7-3-2-4-8-16)19(24)10-12-22(13-11-19)23(25)26/h2-9,14,20,24H,10-13H2,1H3/b21-18+. The second-order valence-corrected chi connectivity index (χ2v) is 6.53. The van der Waals surface area contributed by atoms with Gasteiger partial charge in [-0.05, 0) is 24.6 Å². The minimum atomic E-state index is -1.22. The van der Waals surface area contributed by atoms with E-state index in [0.29, 0.717) is 5.71 Å². The monoisotopic (exact) mass is 354 g/mol. The highest BCUT2D eigenvalue weighted by atomic mass is 16.7. The number of hydrazine groups is 1. The van der Waals surface area contributed by atoms with Crippen LogP contribution in [0.3, 0.4) is 0 Å². The van der Waals surface area contributed by atoms with Crippen LogP contribution in [-0.2, 0) is 0 Å². The fraction of sp³-hybridized carbons (Fsp3) is 0.316. The van der Waals surface area contributed by atoms with Crippen LogP contribution >= 0.6 is 0 Å². The summed E-state index contributed by atoms with van der Waals surface area (Å²) in [6.07, 6.45) is 0.494. The lowest BCUT2D eigenvalue weighted by Crippen LogP contribution is -2.51. The third-order valence-corrected chi connectivity index (χ3v) is 4.60. The van der Waals surface area contributed by atoms with Crippen LogP contribution in [0.25, 0.3) is 0 Å². The number of hydrogen-bond donors (Lipinski definition) is 2. The zero-order valence-corrected chi connectivity index (χ0v) is 14.6. The van der Waals surface area contributed by atoms with Crippen LogP contribution in [0.4, 0.5) is 5.69 Å². The Balaban J connectivity index is 1.89. The predicted octanol–water partition coefficient (Wildman–Crippen LogP) is 2.83. The van der Waals surface area contributed by atoms with Crippen molar-refractivity contribution in [2.24, 2.45) is 5.10 Å². The Morgan fingerprint density at radius 1 is 1.19 bits per heavy atom. The van der Waals surface area contributed by atoms with Gasteiger partial charge in [-0.1, -0.05) is 42.5 Å². The fourth-order valence-corrected chi connectivity index (χ4v) is 3.13. The van der Waals surface area contributed by atoms with Crippen LogP contribution in [0.5, 0.6) is 0 Å². The molecular weight excluding hydrogens is 332 g/mol. The quantitative estimate of drug-likeness (QED) is 0.489. The van der Waals surface area contributed by atoms with Crippen molar-refractivity contribution in [2.45, 2.75) is 25.4 Å². The van der Waals surface area contributed by atoms with Crippen molar-refractivity contribution >= 4 is 11.4 Å². The Morgan fingerprint density at radius 2 is 1.88 bits per heavy atom. The van der Waals surface area contributed by atoms with E-state index >= 15 is 0 Å². The van der Waals surface area contributed by atoms with Gasteiger partial charge in [-0.3, -0.25) is 5.43 Å². The SMILES string of the molecule is Cc1cccc(N/N=C(\c2ccccc2)C2(O)CCN([N+](=O)[O-])CC2)c1. The van der Waals surface area contributed by atoms with E-state index in [-0.39, 0.29) is 25.9 Å². The Labute approximate surface area is 152 Å². The predicted molar refractivity (Wildman–Crippen MR) is 101 cm³/mol. The van der Waals surface area contributed by atoms with E-state index in [1.807, 2.05) is 61.5 Å². The van der Waals surface area contributed by atoms with E-state index in [0.717, 1.165) is 21.8 Å². The number of hydrogen-bond acceptors (Lipinski definition) is 5. The number of nitrogens with one attached hydrogen (secondary N) is 1. The van der Waals surface area contributed by atoms with E-state index in [1.165, 1.54) is 0 Å². The number of nitrogens with zero attached hydrogens (tertiary/aromatic N) is 3. The van der Waals surface area contributed by atoms with E-state index in [4.69, 9.17) is 0 Å². The van der Waals surface area contributed by atoms with Crippen molar-refractivity contribution in [3.8, 4) is 0 Å². The molecule has 1 aliphatic rings. The van der Waals surface area contributed by atoms with Crippen LogP contribution in [0.1, 0.15) is 24.0 Å². The molecule has 0 atom stereocenters. The summed E-state index contributed by atoms with van der Waals surface area (Å²) in [4.78, 5) is 11.0. The van der Waals surface area contributed by atoms with Gasteiger partial charge in [0.15, 0.2) is 5.03 Å². The molecule has 26 heavy (non-hydrogen) atoms. The van der Waals surface area contributed by atoms with Gasteiger partial charge < -0.3 is 5.11 Å². The highest BCUT2D eigenvalue weighted by Gasteiger charge is 2.40. The van der Waals surface area contributed by atoms with Gasteiger partial charge in [0.1, 0.15) is 5.60 Å². The van der Waals surface area contributed by atoms with Crippen LogP contribution in [0, 0.1) is 17.0 Å². The number of aryl methyl sites for hydroxylation is 1. The molecule has 1 saturated heterocycles. The summed E-state index contributed by atoms with van der Waals surface area (Å²) in [5.41, 5.74) is 5.03. The second kappa shape index (κ2) is 7.53. The third kappa shape index (κ3) is 4.00. The average molecular weight is 354 g/mol. The molecule has 1 aliphatic heterocycles. The summed E-state index contributed by atoms with van der Waals surface area (Å²) in [6.45, 7) is 2.35. The third-order valence-electron chi connectivity index (χ3n) is 4.60. The molecule has 0 saturated carbocycles. The molecule has 0 aromatic heterocycles. The van der Waals surface area contributed by atoms with Gasteiger partial charge in [-0.15, -0.1) is 5.01 Å². The van der Waals surface area contributed by atoms with E-state index in [1.54, 1.807) is 0 Å². The summed E-state index contributed by atoms with van der Waals surface area (Å²) in [5.74, 6) is 0. The first kappa shape index (κ1) is 17.9. The van der Waals surface area contributed by atoms with Gasteiger partial charge in [0.25, 0.3) is 0 Å². The first-order valence-electron chi connectivity index (χ1n) is 8.56. The molecule has 1 fully saturated rings. The first-order chi connectivity index (χ1) is 12.5. The van der Waals surface area contributed by atoms with Crippen molar-refractivity contribution < 1.29 is 10.1 Å². The number of hydrazone groups is 1. The van der Waals surface area contributed by atoms with Gasteiger partial charge in [0.2, 0.25) is 0 Å². The van der Waals surface area contributed by atoms with E-state index in [2.05, 4.69) is 10.5 Å². The Morgan fingerprint density at radius 3 is 2.50 bits per heavy atom. The van der Waals surface area contributed by atoms with Gasteiger partial charge in [-0.25, -0.2) is 10.1 Å². The lowest BCUT2D eigenvalue weighted by atomic mass is 9.84. The number of rotatable bonds is 5. The average Bonchev–Trinajstić information content (AvgIpc) is 2.63. The molecule has 2 aromatic rings. The molecular formula is C19H22N4O3. The lowest BCUT2D eigenvalue weighted by Gasteiger charge is -2.35. The van der Waals surface area contributed by atoms with Crippen molar-refractivity contribution in [3.05, 3.63) is 75.8 Å². The molecule has 1 heterocycles. The van der Waals surface area contributed by atoms with E-state index in [9.17, 15) is 15.2 Å². The van der Waals surface area contributed by atoms with Gasteiger partial charge in [0, 0.05) is 18.4 Å². The van der Waals surface area contributed by atoms with Crippen molar-refractivity contribution in [2.75, 3.05) is 18.5 Å². The highest BCUT2D eigenvalue weighted by molar-refractivity contribution is 6.06. The van der Waals surface area contributed by atoms with Gasteiger partial charge >= 0.3 is 0 Å². The summed E-state index contributed by atoms with van der Waals surface area (Å²) < 4.78 is 0. The molecule has 7 heteroatoms. The van der Waals surface area contributed by atoms with Crippen molar-refractivity contribution in [1.29, 1.82) is 0 Å². The van der Waals surface area contributed by atoms with Crippen LogP contribution in [0.15, 0.2) is 59.7 Å². The number of anilines is 1. The maximum atomic E-state index is 11.2. The Kier molecular flexibility index (Phi) is 5.18. The molecule has 0 aliphatic carbocycles. The Bertz CT molecular complexity index is 799. The Hall–Kier alpha value is -2.93. The number of nitro groups is 1. The van der Waals surface area contributed by atoms with Gasteiger partial charge in [-0.2, -0.15) is 5.10 Å². The normalized spacial score (nSPS) is 17.0. The molecule has 0 bridgehead atoms. The molecule has 0 spiro atoms. The first-order valence-corrected chi connectivity index (χ1v) is 8.56. The smallest absolute Gasteiger partial charge is 0.160 e. The summed E-state index contributed by atoms with van der Waals surface area (Å²) in [6, 6.07) is 17.2. The molecule has 0 unspecified atom stereocenters. The number of aliphatic hydroxyl groups is 1. The largest absolute Gasteiger partial charge is 0.383 e.